The molecule has 0 bridgehead atoms. The van der Waals surface area contributed by atoms with Gasteiger partial charge in [0.25, 0.3) is 10.2 Å². The molecule has 0 aromatic heterocycles. The van der Waals surface area contributed by atoms with E-state index in [4.69, 9.17) is 11.6 Å². The van der Waals surface area contributed by atoms with Gasteiger partial charge >= 0.3 is 0 Å². The molecule has 0 aliphatic heterocycles. The third-order valence-corrected chi connectivity index (χ3v) is 5.18. The van der Waals surface area contributed by atoms with Crippen LogP contribution in [0.5, 0.6) is 0 Å². The second kappa shape index (κ2) is 6.92. The molecule has 0 amide bonds. The fourth-order valence-corrected chi connectivity index (χ4v) is 3.42. The molecule has 1 rings (SSSR count). The summed E-state index contributed by atoms with van der Waals surface area (Å²) in [5.41, 5.74) is 0. The highest BCUT2D eigenvalue weighted by Crippen LogP contribution is 2.30. The van der Waals surface area contributed by atoms with Crippen molar-refractivity contribution in [3.8, 4) is 0 Å². The van der Waals surface area contributed by atoms with Gasteiger partial charge < -0.3 is 0 Å². The van der Waals surface area contributed by atoms with Crippen molar-refractivity contribution in [2.24, 2.45) is 5.92 Å². The van der Waals surface area contributed by atoms with Crippen molar-refractivity contribution in [1.29, 1.82) is 0 Å². The minimum absolute atomic E-state index is 0.496. The smallest absolute Gasteiger partial charge is 0.195 e. The summed E-state index contributed by atoms with van der Waals surface area (Å²) in [7, 11) is -1.65. The number of hydrogen-bond donors (Lipinski definition) is 0. The standard InChI is InChI=1S/C11H23ClN2O2S/c1-3-8-14(10-11-5-6-11)17(15,16)13(2)9-4-7-12/h11H,3-10H2,1-2H3. The Bertz CT molecular complexity index is 317. The Morgan fingerprint density at radius 2 is 1.94 bits per heavy atom. The van der Waals surface area contributed by atoms with Crippen molar-refractivity contribution in [3.63, 3.8) is 0 Å². The molecule has 0 aromatic rings. The van der Waals surface area contributed by atoms with Gasteiger partial charge in [-0.1, -0.05) is 6.92 Å². The van der Waals surface area contributed by atoms with Gasteiger partial charge in [0.2, 0.25) is 0 Å². The Labute approximate surface area is 110 Å². The lowest BCUT2D eigenvalue weighted by Crippen LogP contribution is -2.43. The van der Waals surface area contributed by atoms with Gasteiger partial charge in [-0.3, -0.25) is 0 Å². The summed E-state index contributed by atoms with van der Waals surface area (Å²) in [6.07, 6.45) is 3.89. The zero-order chi connectivity index (χ0) is 12.9. The molecular formula is C11H23ClN2O2S. The molecule has 6 heteroatoms. The fourth-order valence-electron chi connectivity index (χ4n) is 1.73. The second-order valence-electron chi connectivity index (χ2n) is 4.67. The number of rotatable bonds is 9. The summed E-state index contributed by atoms with van der Waals surface area (Å²) in [4.78, 5) is 0. The summed E-state index contributed by atoms with van der Waals surface area (Å²) in [5.74, 6) is 1.08. The number of nitrogens with zero attached hydrogens (tertiary/aromatic N) is 2. The van der Waals surface area contributed by atoms with Crippen molar-refractivity contribution >= 4 is 21.8 Å². The van der Waals surface area contributed by atoms with E-state index in [0.29, 0.717) is 37.9 Å². The van der Waals surface area contributed by atoms with E-state index in [9.17, 15) is 8.42 Å². The minimum atomic E-state index is -3.28. The van der Waals surface area contributed by atoms with E-state index in [0.717, 1.165) is 6.42 Å². The molecule has 102 valence electrons. The maximum absolute atomic E-state index is 12.3. The van der Waals surface area contributed by atoms with Crippen LogP contribution in [0.25, 0.3) is 0 Å². The first-order valence-corrected chi connectivity index (χ1v) is 8.22. The van der Waals surface area contributed by atoms with Crippen molar-refractivity contribution in [2.75, 3.05) is 32.6 Å². The molecule has 1 fully saturated rings. The van der Waals surface area contributed by atoms with E-state index in [1.807, 2.05) is 6.92 Å². The maximum Gasteiger partial charge on any atom is 0.281 e. The van der Waals surface area contributed by atoms with Crippen molar-refractivity contribution in [2.45, 2.75) is 32.6 Å². The van der Waals surface area contributed by atoms with Crippen LogP contribution in [0.4, 0.5) is 0 Å². The zero-order valence-electron chi connectivity index (χ0n) is 10.7. The second-order valence-corrected chi connectivity index (χ2v) is 7.09. The Morgan fingerprint density at radius 1 is 1.29 bits per heavy atom. The number of hydrogen-bond acceptors (Lipinski definition) is 2. The van der Waals surface area contributed by atoms with Gasteiger partial charge in [-0.15, -0.1) is 11.6 Å². The van der Waals surface area contributed by atoms with Gasteiger partial charge in [-0.2, -0.15) is 17.0 Å². The monoisotopic (exact) mass is 282 g/mol. The molecule has 1 aliphatic carbocycles. The van der Waals surface area contributed by atoms with Crippen molar-refractivity contribution < 1.29 is 8.42 Å². The molecule has 0 saturated heterocycles. The first-order chi connectivity index (χ1) is 8.02. The quantitative estimate of drug-likeness (QED) is 0.606. The van der Waals surface area contributed by atoms with Crippen LogP contribution in [-0.4, -0.2) is 49.6 Å². The number of halogens is 1. The van der Waals surface area contributed by atoms with E-state index in [2.05, 4.69) is 0 Å². The van der Waals surface area contributed by atoms with Crippen LogP contribution in [0.3, 0.4) is 0 Å². The third kappa shape index (κ3) is 4.73. The molecule has 0 radical (unpaired) electrons. The van der Waals surface area contributed by atoms with Crippen molar-refractivity contribution in [1.82, 2.24) is 8.61 Å². The molecular weight excluding hydrogens is 260 g/mol. The Kier molecular flexibility index (Phi) is 6.20. The molecule has 1 saturated carbocycles. The Balaban J connectivity index is 2.60. The molecule has 0 unspecified atom stereocenters. The SMILES string of the molecule is CCCN(CC1CC1)S(=O)(=O)N(C)CCCCl. The maximum atomic E-state index is 12.3. The van der Waals surface area contributed by atoms with Gasteiger partial charge in [-0.05, 0) is 31.6 Å². The van der Waals surface area contributed by atoms with Gasteiger partial charge in [0.15, 0.2) is 0 Å². The molecule has 0 aromatic carbocycles. The number of alkyl halides is 1. The third-order valence-electron chi connectivity index (χ3n) is 2.96. The first kappa shape index (κ1) is 15.2. The van der Waals surface area contributed by atoms with E-state index < -0.39 is 10.2 Å². The highest BCUT2D eigenvalue weighted by Gasteiger charge is 2.32. The average molecular weight is 283 g/mol. The van der Waals surface area contributed by atoms with Gasteiger partial charge in [0, 0.05) is 32.6 Å². The molecule has 0 N–H and O–H groups in total. The highest BCUT2D eigenvalue weighted by molar-refractivity contribution is 7.86. The lowest BCUT2D eigenvalue weighted by Gasteiger charge is -2.27. The summed E-state index contributed by atoms with van der Waals surface area (Å²) >= 11 is 5.60. The van der Waals surface area contributed by atoms with E-state index in [-0.39, 0.29) is 0 Å². The van der Waals surface area contributed by atoms with Crippen LogP contribution in [-0.2, 0) is 10.2 Å². The van der Waals surface area contributed by atoms with Crippen molar-refractivity contribution in [3.05, 3.63) is 0 Å². The van der Waals surface area contributed by atoms with E-state index >= 15 is 0 Å². The average Bonchev–Trinajstić information content (AvgIpc) is 3.09. The lowest BCUT2D eigenvalue weighted by atomic mass is 10.4. The lowest BCUT2D eigenvalue weighted by molar-refractivity contribution is 0.349. The Hall–Kier alpha value is 0.160. The van der Waals surface area contributed by atoms with Crippen LogP contribution in [0.15, 0.2) is 0 Å². The molecule has 1 aliphatic rings. The van der Waals surface area contributed by atoms with Crippen LogP contribution in [0.1, 0.15) is 32.6 Å². The van der Waals surface area contributed by atoms with E-state index in [1.165, 1.54) is 17.1 Å². The van der Waals surface area contributed by atoms with E-state index in [1.54, 1.807) is 11.4 Å². The minimum Gasteiger partial charge on any atom is -0.195 e. The van der Waals surface area contributed by atoms with Crippen LogP contribution < -0.4 is 0 Å². The molecule has 0 atom stereocenters. The fraction of sp³-hybridized carbons (Fsp3) is 1.00. The first-order valence-electron chi connectivity index (χ1n) is 6.29. The highest BCUT2D eigenvalue weighted by atomic mass is 35.5. The predicted octanol–water partition coefficient (Wildman–Crippen LogP) is 1.91. The van der Waals surface area contributed by atoms with Gasteiger partial charge in [-0.25, -0.2) is 0 Å². The summed E-state index contributed by atoms with van der Waals surface area (Å²) in [6, 6.07) is 0. The van der Waals surface area contributed by atoms with Crippen LogP contribution >= 0.6 is 11.6 Å². The van der Waals surface area contributed by atoms with Gasteiger partial charge in [0.05, 0.1) is 0 Å². The summed E-state index contributed by atoms with van der Waals surface area (Å²) in [5, 5.41) is 0. The summed E-state index contributed by atoms with van der Waals surface area (Å²) in [6.45, 7) is 3.80. The predicted molar refractivity (Wildman–Crippen MR) is 71.5 cm³/mol. The largest absolute Gasteiger partial charge is 0.281 e. The molecule has 4 nitrogen and oxygen atoms in total. The topological polar surface area (TPSA) is 40.6 Å². The van der Waals surface area contributed by atoms with Crippen LogP contribution in [0, 0.1) is 5.92 Å². The molecule has 0 heterocycles. The normalized spacial score (nSPS) is 17.0. The van der Waals surface area contributed by atoms with Crippen LogP contribution in [0.2, 0.25) is 0 Å². The summed E-state index contributed by atoms with van der Waals surface area (Å²) < 4.78 is 27.6. The molecule has 17 heavy (non-hydrogen) atoms. The molecule has 0 spiro atoms. The zero-order valence-corrected chi connectivity index (χ0v) is 12.3. The van der Waals surface area contributed by atoms with Gasteiger partial charge in [0.1, 0.15) is 0 Å². The Morgan fingerprint density at radius 3 is 2.41 bits per heavy atom.